The van der Waals surface area contributed by atoms with Gasteiger partial charge >= 0.3 is 5.97 Å². The van der Waals surface area contributed by atoms with E-state index in [0.29, 0.717) is 5.56 Å². The van der Waals surface area contributed by atoms with Gasteiger partial charge in [-0.25, -0.2) is 9.79 Å². The fourth-order valence-electron chi connectivity index (χ4n) is 2.31. The second-order valence-corrected chi connectivity index (χ2v) is 5.78. The predicted octanol–water partition coefficient (Wildman–Crippen LogP) is 0.771. The van der Waals surface area contributed by atoms with E-state index in [2.05, 4.69) is 25.7 Å². The van der Waals surface area contributed by atoms with Crippen molar-refractivity contribution in [1.29, 1.82) is 0 Å². The van der Waals surface area contributed by atoms with E-state index < -0.39 is 17.8 Å². The molecule has 1 saturated heterocycles. The summed E-state index contributed by atoms with van der Waals surface area (Å²) in [6.07, 6.45) is 4.42. The van der Waals surface area contributed by atoms with E-state index in [4.69, 9.17) is 0 Å². The molecule has 3 rings (SSSR count). The summed E-state index contributed by atoms with van der Waals surface area (Å²) in [5, 5.41) is 3.94. The lowest BCUT2D eigenvalue weighted by atomic mass is 10.2. The zero-order valence-corrected chi connectivity index (χ0v) is 15.0. The highest BCUT2D eigenvalue weighted by atomic mass is 16.7. The summed E-state index contributed by atoms with van der Waals surface area (Å²) in [4.78, 5) is 49.4. The van der Waals surface area contributed by atoms with Gasteiger partial charge in [0.2, 0.25) is 0 Å². The van der Waals surface area contributed by atoms with Crippen molar-refractivity contribution in [2.24, 2.45) is 4.99 Å². The average molecular weight is 379 g/mol. The summed E-state index contributed by atoms with van der Waals surface area (Å²) < 4.78 is 0. The summed E-state index contributed by atoms with van der Waals surface area (Å²) in [7, 11) is 1.53. The van der Waals surface area contributed by atoms with Gasteiger partial charge in [-0.2, -0.15) is 0 Å². The number of benzene rings is 1. The summed E-state index contributed by atoms with van der Waals surface area (Å²) in [6, 6.07) is 11.9. The molecule has 0 saturated carbocycles. The Bertz CT molecular complexity index is 941. The fraction of sp³-hybridized carbons (Fsp3) is 0.105. The monoisotopic (exact) mass is 379 g/mol. The van der Waals surface area contributed by atoms with Crippen molar-refractivity contribution >= 4 is 23.5 Å². The smallest absolute Gasteiger partial charge is 0.347 e. The van der Waals surface area contributed by atoms with Gasteiger partial charge in [-0.1, -0.05) is 29.9 Å². The maximum Gasteiger partial charge on any atom is 0.376 e. The Balaban J connectivity index is 1.86. The van der Waals surface area contributed by atoms with E-state index in [9.17, 15) is 14.4 Å². The lowest BCUT2D eigenvalue weighted by Gasteiger charge is -2.09. The van der Waals surface area contributed by atoms with Crippen LogP contribution in [-0.2, 0) is 21.0 Å². The third-order valence-electron chi connectivity index (χ3n) is 3.77. The van der Waals surface area contributed by atoms with Gasteiger partial charge in [0.15, 0.2) is 0 Å². The van der Waals surface area contributed by atoms with Gasteiger partial charge in [0.05, 0.1) is 0 Å². The van der Waals surface area contributed by atoms with Crippen LogP contribution in [0.15, 0.2) is 71.6 Å². The molecule has 0 aliphatic carbocycles. The van der Waals surface area contributed by atoms with Gasteiger partial charge in [0.1, 0.15) is 11.4 Å². The van der Waals surface area contributed by atoms with Crippen molar-refractivity contribution in [1.82, 2.24) is 20.9 Å². The highest BCUT2D eigenvalue weighted by Gasteiger charge is 2.26. The van der Waals surface area contributed by atoms with Crippen LogP contribution >= 0.6 is 0 Å². The van der Waals surface area contributed by atoms with Crippen LogP contribution in [0, 0.1) is 0 Å². The molecule has 0 spiro atoms. The second kappa shape index (κ2) is 8.69. The maximum atomic E-state index is 12.6. The average Bonchev–Trinajstić information content (AvgIpc) is 3.04. The Kier molecular flexibility index (Phi) is 5.87. The highest BCUT2D eigenvalue weighted by molar-refractivity contribution is 6.45. The summed E-state index contributed by atoms with van der Waals surface area (Å²) in [5.74, 6) is -1.91. The minimum atomic E-state index is -0.692. The van der Waals surface area contributed by atoms with Crippen LogP contribution in [0.5, 0.6) is 0 Å². The highest BCUT2D eigenvalue weighted by Crippen LogP contribution is 2.10. The number of nitrogens with one attached hydrogen (secondary N) is 2. The number of hydrazine groups is 1. The van der Waals surface area contributed by atoms with Crippen LogP contribution in [-0.4, -0.2) is 40.5 Å². The second-order valence-electron chi connectivity index (χ2n) is 5.78. The van der Waals surface area contributed by atoms with E-state index in [1.807, 2.05) is 0 Å². The number of carbonyl (C=O) groups excluding carboxylic acids is 3. The standard InChI is InChI=1S/C19H17N5O4/c1-24-16(19(27)28-23-24)10-15(22-17(25)14-7-3-2-4-8-14)18(26)21-12-13-6-5-9-20-11-13/h2-11,23H,12H2,1H3,(H,21,26)/b16-10+,22-15?. The van der Waals surface area contributed by atoms with Crippen molar-refractivity contribution < 1.29 is 19.2 Å². The van der Waals surface area contributed by atoms with E-state index in [0.717, 1.165) is 5.56 Å². The molecule has 1 aromatic carbocycles. The lowest BCUT2D eigenvalue weighted by Crippen LogP contribution is -2.32. The van der Waals surface area contributed by atoms with Crippen LogP contribution in [0.1, 0.15) is 15.9 Å². The van der Waals surface area contributed by atoms with Crippen LogP contribution in [0.25, 0.3) is 0 Å². The molecule has 2 amide bonds. The largest absolute Gasteiger partial charge is 0.376 e. The Labute approximate surface area is 160 Å². The Morgan fingerprint density at radius 2 is 2.04 bits per heavy atom. The van der Waals surface area contributed by atoms with Crippen LogP contribution in [0.2, 0.25) is 0 Å². The molecule has 28 heavy (non-hydrogen) atoms. The summed E-state index contributed by atoms with van der Waals surface area (Å²) >= 11 is 0. The number of hydrogen-bond acceptors (Lipinski definition) is 7. The topological polar surface area (TPSA) is 113 Å². The van der Waals surface area contributed by atoms with Gasteiger partial charge < -0.3 is 10.2 Å². The molecule has 0 unspecified atom stereocenters. The molecule has 2 aromatic rings. The Morgan fingerprint density at radius 1 is 1.25 bits per heavy atom. The van der Waals surface area contributed by atoms with Crippen LogP contribution < -0.4 is 10.9 Å². The number of aliphatic imine (C=N–C) groups is 1. The van der Waals surface area contributed by atoms with Crippen molar-refractivity contribution in [3.8, 4) is 0 Å². The van der Waals surface area contributed by atoms with Gasteiger partial charge in [0, 0.05) is 37.6 Å². The van der Waals surface area contributed by atoms with Gasteiger partial charge in [0.25, 0.3) is 11.8 Å². The number of aromatic nitrogens is 1. The van der Waals surface area contributed by atoms with E-state index >= 15 is 0 Å². The molecular weight excluding hydrogens is 362 g/mol. The molecule has 2 heterocycles. The van der Waals surface area contributed by atoms with Crippen molar-refractivity contribution in [2.75, 3.05) is 7.05 Å². The Morgan fingerprint density at radius 3 is 2.68 bits per heavy atom. The van der Waals surface area contributed by atoms with Crippen LogP contribution in [0.3, 0.4) is 0 Å². The molecule has 9 nitrogen and oxygen atoms in total. The van der Waals surface area contributed by atoms with Crippen molar-refractivity contribution in [3.63, 3.8) is 0 Å². The quantitative estimate of drug-likeness (QED) is 0.583. The first-order chi connectivity index (χ1) is 13.5. The van der Waals surface area contributed by atoms with Gasteiger partial charge in [-0.05, 0) is 23.8 Å². The van der Waals surface area contributed by atoms with Gasteiger partial charge in [-0.15, -0.1) is 0 Å². The summed E-state index contributed by atoms with van der Waals surface area (Å²) in [6.45, 7) is 0.187. The number of amides is 2. The molecule has 2 N–H and O–H groups in total. The summed E-state index contributed by atoms with van der Waals surface area (Å²) in [5.41, 5.74) is 3.25. The number of likely N-dealkylation sites (N-methyl/N-ethyl adjacent to an activating group) is 1. The first kappa shape index (κ1) is 18.9. The SMILES string of the molecule is CN1NOC(=O)/C1=C\C(=NC(=O)c1ccccc1)C(=O)NCc1cccnc1. The number of hydrogen-bond donors (Lipinski definition) is 2. The predicted molar refractivity (Wildman–Crippen MR) is 99.4 cm³/mol. The maximum absolute atomic E-state index is 12.6. The number of nitrogens with zero attached hydrogens (tertiary/aromatic N) is 3. The van der Waals surface area contributed by atoms with E-state index in [-0.39, 0.29) is 18.0 Å². The Hall–Kier alpha value is -3.85. The van der Waals surface area contributed by atoms with E-state index in [1.54, 1.807) is 54.9 Å². The first-order valence-corrected chi connectivity index (χ1v) is 8.32. The number of rotatable bonds is 5. The number of pyridine rings is 1. The molecule has 1 fully saturated rings. The fourth-order valence-corrected chi connectivity index (χ4v) is 2.31. The molecule has 0 radical (unpaired) electrons. The third-order valence-corrected chi connectivity index (χ3v) is 3.77. The molecular formula is C19H17N5O4. The third kappa shape index (κ3) is 4.65. The molecule has 142 valence electrons. The molecule has 0 bridgehead atoms. The van der Waals surface area contributed by atoms with Crippen molar-refractivity contribution in [2.45, 2.75) is 6.54 Å². The first-order valence-electron chi connectivity index (χ1n) is 8.32. The normalized spacial score (nSPS) is 15.5. The molecule has 1 aliphatic heterocycles. The minimum Gasteiger partial charge on any atom is -0.347 e. The molecule has 0 atom stereocenters. The molecule has 1 aliphatic rings. The zero-order chi connectivity index (χ0) is 19.9. The van der Waals surface area contributed by atoms with E-state index in [1.165, 1.54) is 18.1 Å². The number of carbonyl (C=O) groups is 3. The van der Waals surface area contributed by atoms with Crippen molar-refractivity contribution in [3.05, 3.63) is 77.8 Å². The lowest BCUT2D eigenvalue weighted by molar-refractivity contribution is -0.142. The van der Waals surface area contributed by atoms with Crippen LogP contribution in [0.4, 0.5) is 0 Å². The molecule has 9 heteroatoms. The zero-order valence-electron chi connectivity index (χ0n) is 15.0. The minimum absolute atomic E-state index is 0.0381. The van der Waals surface area contributed by atoms with Gasteiger partial charge in [-0.3, -0.25) is 19.6 Å². The molecule has 1 aromatic heterocycles.